The molecule has 0 aromatic heterocycles. The van der Waals surface area contributed by atoms with E-state index in [-0.39, 0.29) is 27.8 Å². The third-order valence-corrected chi connectivity index (χ3v) is 3.63. The van der Waals surface area contributed by atoms with E-state index in [9.17, 15) is 22.4 Å². The van der Waals surface area contributed by atoms with Crippen LogP contribution in [0.4, 0.5) is 17.6 Å². The molecule has 0 aliphatic heterocycles. The third-order valence-electron chi connectivity index (χ3n) is 3.63. The van der Waals surface area contributed by atoms with Crippen LogP contribution < -0.4 is 9.47 Å². The summed E-state index contributed by atoms with van der Waals surface area (Å²) in [6, 6.07) is 7.94. The molecule has 134 valence electrons. The predicted molar refractivity (Wildman–Crippen MR) is 86.3 cm³/mol. The Hall–Kier alpha value is -3.09. The summed E-state index contributed by atoms with van der Waals surface area (Å²) in [6.45, 7) is 2.09. The molecule has 26 heavy (non-hydrogen) atoms. The second-order valence-electron chi connectivity index (χ2n) is 5.34. The van der Waals surface area contributed by atoms with E-state index in [1.54, 1.807) is 6.92 Å². The summed E-state index contributed by atoms with van der Waals surface area (Å²) in [5.74, 6) is -6.09. The van der Waals surface area contributed by atoms with E-state index < -0.39 is 29.2 Å². The van der Waals surface area contributed by atoms with Gasteiger partial charge in [0.1, 0.15) is 5.75 Å². The largest absolute Gasteiger partial charge is 0.494 e. The van der Waals surface area contributed by atoms with Crippen LogP contribution in [0.2, 0.25) is 0 Å². The van der Waals surface area contributed by atoms with Crippen LogP contribution in [0.25, 0.3) is 10.8 Å². The highest BCUT2D eigenvalue weighted by atomic mass is 19.2. The molecule has 0 N–H and O–H groups in total. The Morgan fingerprint density at radius 1 is 0.923 bits per heavy atom. The fraction of sp³-hybridized carbons (Fsp3) is 0.105. The fourth-order valence-corrected chi connectivity index (χ4v) is 2.41. The van der Waals surface area contributed by atoms with Crippen molar-refractivity contribution in [1.82, 2.24) is 0 Å². The van der Waals surface area contributed by atoms with Crippen LogP contribution in [0.15, 0.2) is 42.5 Å². The van der Waals surface area contributed by atoms with Crippen LogP contribution in [-0.2, 0) is 0 Å². The van der Waals surface area contributed by atoms with Crippen molar-refractivity contribution in [2.75, 3.05) is 6.61 Å². The summed E-state index contributed by atoms with van der Waals surface area (Å²) in [7, 11) is 0. The number of hydrogen-bond acceptors (Lipinski definition) is 3. The summed E-state index contributed by atoms with van der Waals surface area (Å²) in [4.78, 5) is 12.2. The maximum Gasteiger partial charge on any atom is 0.343 e. The van der Waals surface area contributed by atoms with Crippen molar-refractivity contribution in [3.8, 4) is 11.5 Å². The lowest BCUT2D eigenvalue weighted by atomic mass is 10.1. The van der Waals surface area contributed by atoms with Crippen molar-refractivity contribution >= 4 is 16.7 Å². The molecular formula is C19H12F4O3. The van der Waals surface area contributed by atoms with Crippen LogP contribution in [-0.4, -0.2) is 12.6 Å². The highest BCUT2D eigenvalue weighted by Crippen LogP contribution is 2.26. The number of rotatable bonds is 4. The molecule has 0 spiro atoms. The lowest BCUT2D eigenvalue weighted by molar-refractivity contribution is 0.0727. The van der Waals surface area contributed by atoms with Crippen LogP contribution in [0.5, 0.6) is 11.5 Å². The van der Waals surface area contributed by atoms with Crippen molar-refractivity contribution in [2.45, 2.75) is 6.92 Å². The van der Waals surface area contributed by atoms with E-state index in [2.05, 4.69) is 0 Å². The van der Waals surface area contributed by atoms with Gasteiger partial charge in [-0.3, -0.25) is 0 Å². The molecule has 0 atom stereocenters. The van der Waals surface area contributed by atoms with Crippen LogP contribution in [0, 0.1) is 23.3 Å². The zero-order valence-corrected chi connectivity index (χ0v) is 13.5. The molecule has 7 heteroatoms. The molecule has 0 amide bonds. The first-order valence-corrected chi connectivity index (χ1v) is 7.62. The second-order valence-corrected chi connectivity index (χ2v) is 5.34. The smallest absolute Gasteiger partial charge is 0.343 e. The zero-order chi connectivity index (χ0) is 18.8. The highest BCUT2D eigenvalue weighted by Gasteiger charge is 2.17. The minimum Gasteiger partial charge on any atom is -0.494 e. The van der Waals surface area contributed by atoms with E-state index in [0.717, 1.165) is 24.3 Å². The first-order chi connectivity index (χ1) is 12.4. The lowest BCUT2D eigenvalue weighted by Crippen LogP contribution is -2.10. The molecule has 3 aromatic carbocycles. The van der Waals surface area contributed by atoms with Crippen LogP contribution in [0.3, 0.4) is 0 Å². The van der Waals surface area contributed by atoms with E-state index in [0.29, 0.717) is 6.61 Å². The molecule has 0 unspecified atom stereocenters. The van der Waals surface area contributed by atoms with Gasteiger partial charge >= 0.3 is 5.97 Å². The molecule has 3 nitrogen and oxygen atoms in total. The van der Waals surface area contributed by atoms with Gasteiger partial charge in [-0.2, -0.15) is 0 Å². The number of esters is 1. The molecule has 0 bridgehead atoms. The maximum absolute atomic E-state index is 14.0. The molecule has 0 heterocycles. The number of benzene rings is 3. The van der Waals surface area contributed by atoms with Gasteiger partial charge in [0.2, 0.25) is 0 Å². The Morgan fingerprint density at radius 2 is 1.69 bits per heavy atom. The Labute approximate surface area is 145 Å². The van der Waals surface area contributed by atoms with Crippen LogP contribution >= 0.6 is 0 Å². The van der Waals surface area contributed by atoms with E-state index in [1.165, 1.54) is 18.2 Å². The fourth-order valence-electron chi connectivity index (χ4n) is 2.41. The van der Waals surface area contributed by atoms with Crippen molar-refractivity contribution < 1.29 is 31.8 Å². The summed E-state index contributed by atoms with van der Waals surface area (Å²) in [5, 5.41) is -0.212. The molecule has 3 aromatic rings. The average molecular weight is 364 g/mol. The molecule has 0 fully saturated rings. The number of carbonyl (C=O) groups excluding carboxylic acids is 1. The van der Waals surface area contributed by atoms with Gasteiger partial charge in [-0.1, -0.05) is 6.07 Å². The van der Waals surface area contributed by atoms with Crippen molar-refractivity contribution in [3.63, 3.8) is 0 Å². The molecule has 0 aliphatic rings. The Kier molecular flexibility index (Phi) is 4.79. The number of halogens is 4. The number of carbonyl (C=O) groups is 1. The average Bonchev–Trinajstić information content (AvgIpc) is 2.62. The standard InChI is InChI=1S/C19H12F4O3/c1-2-25-12-4-6-16(14(20)9-12)26-19(24)10-3-5-13-11(7-10)8-15(21)18(23)17(13)22/h3-9H,2H2,1H3. The normalized spacial score (nSPS) is 10.8. The number of hydrogen-bond donors (Lipinski definition) is 0. The molecule has 0 radical (unpaired) electrons. The summed E-state index contributed by atoms with van der Waals surface area (Å²) < 4.78 is 64.3. The highest BCUT2D eigenvalue weighted by molar-refractivity contribution is 5.96. The SMILES string of the molecule is CCOc1ccc(OC(=O)c2ccc3c(F)c(F)c(F)cc3c2)c(F)c1. The molecule has 0 saturated heterocycles. The Balaban J connectivity index is 1.89. The monoisotopic (exact) mass is 364 g/mol. The summed E-state index contributed by atoms with van der Waals surface area (Å²) >= 11 is 0. The predicted octanol–water partition coefficient (Wildman–Crippen LogP) is 5.01. The molecule has 0 saturated carbocycles. The molecule has 3 rings (SSSR count). The summed E-state index contributed by atoms with van der Waals surface area (Å²) in [5.41, 5.74) is -0.0730. The molecular weight excluding hydrogens is 352 g/mol. The van der Waals surface area contributed by atoms with Gasteiger partial charge in [-0.25, -0.2) is 22.4 Å². The van der Waals surface area contributed by atoms with E-state index in [1.807, 2.05) is 0 Å². The lowest BCUT2D eigenvalue weighted by Gasteiger charge is -2.09. The minimum absolute atomic E-state index is 0.0250. The summed E-state index contributed by atoms with van der Waals surface area (Å²) in [6.07, 6.45) is 0. The minimum atomic E-state index is -1.59. The Morgan fingerprint density at radius 3 is 2.38 bits per heavy atom. The number of ether oxygens (including phenoxy) is 2. The van der Waals surface area contributed by atoms with Crippen molar-refractivity contribution in [3.05, 3.63) is 71.3 Å². The van der Waals surface area contributed by atoms with Gasteiger partial charge in [0.05, 0.1) is 12.2 Å². The van der Waals surface area contributed by atoms with Crippen molar-refractivity contribution in [2.24, 2.45) is 0 Å². The van der Waals surface area contributed by atoms with Crippen molar-refractivity contribution in [1.29, 1.82) is 0 Å². The van der Waals surface area contributed by atoms with Gasteiger partial charge in [0.15, 0.2) is 29.0 Å². The quantitative estimate of drug-likeness (QED) is 0.282. The van der Waals surface area contributed by atoms with E-state index in [4.69, 9.17) is 9.47 Å². The van der Waals surface area contributed by atoms with E-state index >= 15 is 0 Å². The van der Waals surface area contributed by atoms with Gasteiger partial charge in [0.25, 0.3) is 0 Å². The Bertz CT molecular complexity index is 1000. The molecule has 0 aliphatic carbocycles. The first kappa shape index (κ1) is 17.7. The van der Waals surface area contributed by atoms with Gasteiger partial charge in [0, 0.05) is 11.5 Å². The van der Waals surface area contributed by atoms with Gasteiger partial charge < -0.3 is 9.47 Å². The van der Waals surface area contributed by atoms with Gasteiger partial charge in [-0.15, -0.1) is 0 Å². The van der Waals surface area contributed by atoms with Gasteiger partial charge in [-0.05, 0) is 42.6 Å². The second kappa shape index (κ2) is 7.03. The topological polar surface area (TPSA) is 35.5 Å². The zero-order valence-electron chi connectivity index (χ0n) is 13.5. The third kappa shape index (κ3) is 3.33. The number of fused-ring (bicyclic) bond motifs is 1. The first-order valence-electron chi connectivity index (χ1n) is 7.62. The van der Waals surface area contributed by atoms with Crippen LogP contribution in [0.1, 0.15) is 17.3 Å². The maximum atomic E-state index is 14.0.